The minimum atomic E-state index is -0.403. The molecule has 0 spiro atoms. The van der Waals surface area contributed by atoms with Gasteiger partial charge in [-0.3, -0.25) is 4.68 Å². The first kappa shape index (κ1) is 12.8. The molecule has 8 heteroatoms. The molecule has 20 heavy (non-hydrogen) atoms. The van der Waals surface area contributed by atoms with Crippen LogP contribution in [0.2, 0.25) is 0 Å². The second kappa shape index (κ2) is 5.03. The van der Waals surface area contributed by atoms with Gasteiger partial charge in [-0.1, -0.05) is 10.4 Å². The number of nitrogens with zero attached hydrogens (tertiary/aromatic N) is 6. The molecule has 0 N–H and O–H groups in total. The van der Waals surface area contributed by atoms with Crippen molar-refractivity contribution in [2.45, 2.75) is 32.2 Å². The fourth-order valence-electron chi connectivity index (χ4n) is 2.16. The van der Waals surface area contributed by atoms with Gasteiger partial charge in [0.25, 0.3) is 0 Å². The fourth-order valence-corrected chi connectivity index (χ4v) is 2.16. The highest BCUT2D eigenvalue weighted by molar-refractivity contribution is 5.88. The molecule has 2 heterocycles. The molecule has 0 atom stereocenters. The molecule has 0 saturated heterocycles. The van der Waals surface area contributed by atoms with Crippen molar-refractivity contribution >= 4 is 5.97 Å². The largest absolute Gasteiger partial charge is 0.461 e. The maximum atomic E-state index is 11.9. The lowest BCUT2D eigenvalue weighted by atomic mass is 10.2. The van der Waals surface area contributed by atoms with Crippen molar-refractivity contribution in [1.29, 1.82) is 0 Å². The summed E-state index contributed by atoms with van der Waals surface area (Å²) in [6, 6.07) is 0. The van der Waals surface area contributed by atoms with Crippen LogP contribution in [-0.2, 0) is 18.3 Å². The minimum absolute atomic E-state index is 0.332. The Hall–Kier alpha value is -2.25. The van der Waals surface area contributed by atoms with Gasteiger partial charge in [0.05, 0.1) is 18.8 Å². The summed E-state index contributed by atoms with van der Waals surface area (Å²) in [7, 11) is 1.81. The van der Waals surface area contributed by atoms with E-state index in [0.717, 1.165) is 24.2 Å². The van der Waals surface area contributed by atoms with Gasteiger partial charge in [0.2, 0.25) is 0 Å². The van der Waals surface area contributed by atoms with Crippen molar-refractivity contribution < 1.29 is 9.53 Å². The van der Waals surface area contributed by atoms with Crippen molar-refractivity contribution in [1.82, 2.24) is 30.0 Å². The summed E-state index contributed by atoms with van der Waals surface area (Å²) in [5, 5.41) is 16.0. The monoisotopic (exact) mass is 276 g/mol. The van der Waals surface area contributed by atoms with E-state index in [9.17, 15) is 4.79 Å². The number of carbonyl (C=O) groups is 1. The normalized spacial score (nSPS) is 14.5. The average molecular weight is 276 g/mol. The number of esters is 1. The standard InChI is InChI=1S/C12H16N6O2/c1-3-20-12(19)10-11(8-4-5-8)18(16-14-10)7-9-6-17(2)15-13-9/h6,8H,3-5,7H2,1-2H3. The maximum absolute atomic E-state index is 11.9. The van der Waals surface area contributed by atoms with Crippen molar-refractivity contribution in [3.8, 4) is 0 Å². The molecule has 0 amide bonds. The SMILES string of the molecule is CCOC(=O)c1nnn(Cc2cn(C)nn2)c1C1CC1. The van der Waals surface area contributed by atoms with E-state index in [0.29, 0.717) is 24.8 Å². The van der Waals surface area contributed by atoms with Crippen molar-refractivity contribution in [3.63, 3.8) is 0 Å². The lowest BCUT2D eigenvalue weighted by Gasteiger charge is -2.05. The van der Waals surface area contributed by atoms with Crippen LogP contribution in [0.15, 0.2) is 6.20 Å². The van der Waals surface area contributed by atoms with E-state index in [1.807, 2.05) is 13.2 Å². The quantitative estimate of drug-likeness (QED) is 0.739. The first-order valence-corrected chi connectivity index (χ1v) is 6.64. The third-order valence-electron chi connectivity index (χ3n) is 3.17. The summed E-state index contributed by atoms with van der Waals surface area (Å²) in [5.41, 5.74) is 1.97. The average Bonchev–Trinajstić information content (AvgIpc) is 3.05. The second-order valence-corrected chi connectivity index (χ2v) is 4.86. The zero-order chi connectivity index (χ0) is 14.1. The Morgan fingerprint density at radius 2 is 2.20 bits per heavy atom. The summed E-state index contributed by atoms with van der Waals surface area (Å²) in [5.74, 6) is -0.0547. The van der Waals surface area contributed by atoms with Gasteiger partial charge in [-0.2, -0.15) is 0 Å². The Labute approximate surface area is 115 Å². The predicted octanol–water partition coefficient (Wildman–Crippen LogP) is 0.509. The zero-order valence-corrected chi connectivity index (χ0v) is 11.5. The molecule has 1 aliphatic carbocycles. The Morgan fingerprint density at radius 1 is 1.40 bits per heavy atom. The molecule has 0 unspecified atom stereocenters. The Bertz CT molecular complexity index is 628. The Balaban J connectivity index is 1.89. The highest BCUT2D eigenvalue weighted by Crippen LogP contribution is 2.41. The smallest absolute Gasteiger partial charge is 0.360 e. The van der Waals surface area contributed by atoms with E-state index < -0.39 is 5.97 Å². The van der Waals surface area contributed by atoms with E-state index in [2.05, 4.69) is 20.6 Å². The van der Waals surface area contributed by atoms with E-state index >= 15 is 0 Å². The first-order chi connectivity index (χ1) is 9.69. The number of hydrogen-bond acceptors (Lipinski definition) is 6. The molecule has 0 aliphatic heterocycles. The molecule has 1 saturated carbocycles. The molecule has 3 rings (SSSR count). The van der Waals surface area contributed by atoms with Gasteiger partial charge in [-0.15, -0.1) is 10.2 Å². The van der Waals surface area contributed by atoms with Crippen LogP contribution in [0.25, 0.3) is 0 Å². The van der Waals surface area contributed by atoms with E-state index in [1.165, 1.54) is 0 Å². The number of aryl methyl sites for hydroxylation is 1. The summed E-state index contributed by atoms with van der Waals surface area (Å²) >= 11 is 0. The number of aromatic nitrogens is 6. The molecule has 1 fully saturated rings. The molecular formula is C12H16N6O2. The Kier molecular flexibility index (Phi) is 3.21. The third kappa shape index (κ3) is 2.40. The Morgan fingerprint density at radius 3 is 2.80 bits per heavy atom. The molecule has 1 aliphatic rings. The topological polar surface area (TPSA) is 87.7 Å². The molecule has 106 valence electrons. The zero-order valence-electron chi connectivity index (χ0n) is 11.5. The van der Waals surface area contributed by atoms with Crippen molar-refractivity contribution in [2.24, 2.45) is 7.05 Å². The minimum Gasteiger partial charge on any atom is -0.461 e. The van der Waals surface area contributed by atoms with Crippen molar-refractivity contribution in [2.75, 3.05) is 6.61 Å². The van der Waals surface area contributed by atoms with Gasteiger partial charge < -0.3 is 4.74 Å². The molecule has 0 bridgehead atoms. The number of rotatable bonds is 5. The van der Waals surface area contributed by atoms with Crippen LogP contribution in [-0.4, -0.2) is 42.6 Å². The predicted molar refractivity (Wildman–Crippen MR) is 68.1 cm³/mol. The highest BCUT2D eigenvalue weighted by atomic mass is 16.5. The van der Waals surface area contributed by atoms with Gasteiger partial charge in [0.15, 0.2) is 5.69 Å². The molecule has 0 aromatic carbocycles. The van der Waals surface area contributed by atoms with E-state index in [4.69, 9.17) is 4.74 Å². The number of ether oxygens (including phenoxy) is 1. The summed E-state index contributed by atoms with van der Waals surface area (Å²) in [4.78, 5) is 11.9. The van der Waals surface area contributed by atoms with Gasteiger partial charge >= 0.3 is 5.97 Å². The fraction of sp³-hybridized carbons (Fsp3) is 0.583. The molecule has 2 aromatic rings. The summed E-state index contributed by atoms with van der Waals surface area (Å²) in [6.07, 6.45) is 3.93. The van der Waals surface area contributed by atoms with E-state index in [1.54, 1.807) is 16.3 Å². The van der Waals surface area contributed by atoms with Gasteiger partial charge in [-0.25, -0.2) is 9.48 Å². The van der Waals surface area contributed by atoms with Crippen molar-refractivity contribution in [3.05, 3.63) is 23.3 Å². The van der Waals surface area contributed by atoms with Crippen LogP contribution in [0, 0.1) is 0 Å². The third-order valence-corrected chi connectivity index (χ3v) is 3.17. The van der Waals surface area contributed by atoms with Crippen LogP contribution in [0.5, 0.6) is 0 Å². The van der Waals surface area contributed by atoms with Crippen LogP contribution >= 0.6 is 0 Å². The maximum Gasteiger partial charge on any atom is 0.360 e. The lowest BCUT2D eigenvalue weighted by molar-refractivity contribution is 0.0518. The number of hydrogen-bond donors (Lipinski definition) is 0. The molecule has 8 nitrogen and oxygen atoms in total. The van der Waals surface area contributed by atoms with E-state index in [-0.39, 0.29) is 0 Å². The van der Waals surface area contributed by atoms with Crippen LogP contribution in [0.3, 0.4) is 0 Å². The lowest BCUT2D eigenvalue weighted by Crippen LogP contribution is -2.11. The molecular weight excluding hydrogens is 260 g/mol. The van der Waals surface area contributed by atoms with Crippen LogP contribution in [0.4, 0.5) is 0 Å². The molecule has 0 radical (unpaired) electrons. The summed E-state index contributed by atoms with van der Waals surface area (Å²) in [6.45, 7) is 2.57. The van der Waals surface area contributed by atoms with Gasteiger partial charge in [0.1, 0.15) is 5.69 Å². The number of carbonyl (C=O) groups excluding carboxylic acids is 1. The first-order valence-electron chi connectivity index (χ1n) is 6.64. The van der Waals surface area contributed by atoms with Crippen LogP contribution in [0.1, 0.15) is 47.6 Å². The van der Waals surface area contributed by atoms with Crippen LogP contribution < -0.4 is 0 Å². The highest BCUT2D eigenvalue weighted by Gasteiger charge is 2.34. The molecule has 2 aromatic heterocycles. The van der Waals surface area contributed by atoms with Gasteiger partial charge in [0, 0.05) is 19.2 Å². The summed E-state index contributed by atoms with van der Waals surface area (Å²) < 4.78 is 8.39. The van der Waals surface area contributed by atoms with Gasteiger partial charge in [-0.05, 0) is 19.8 Å². The second-order valence-electron chi connectivity index (χ2n) is 4.86.